The molecule has 0 amide bonds. The summed E-state index contributed by atoms with van der Waals surface area (Å²) >= 11 is 1.49. The van der Waals surface area contributed by atoms with Crippen molar-refractivity contribution in [2.45, 2.75) is 43.7 Å². The SMILES string of the molecule is Cc1nc2ccc(-n3ncnc3[C@@H]3O[C@H](CO)[C@H](O)[C@H](n4cc(-c5ccc(OC(F)(F)F)c(F)c5)nn4)[C@H]3O)cc2s1. The zero-order chi connectivity index (χ0) is 29.8. The van der Waals surface area contributed by atoms with E-state index in [9.17, 15) is 32.9 Å². The summed E-state index contributed by atoms with van der Waals surface area (Å²) in [6, 6.07) is 6.97. The van der Waals surface area contributed by atoms with Crippen molar-refractivity contribution in [3.63, 3.8) is 0 Å². The molecule has 1 fully saturated rings. The summed E-state index contributed by atoms with van der Waals surface area (Å²) in [6.07, 6.45) is -7.85. The van der Waals surface area contributed by atoms with Gasteiger partial charge in [-0.25, -0.2) is 23.7 Å². The van der Waals surface area contributed by atoms with Gasteiger partial charge in [-0.15, -0.1) is 29.6 Å². The second-order valence-electron chi connectivity index (χ2n) is 9.44. The zero-order valence-corrected chi connectivity index (χ0v) is 22.2. The minimum Gasteiger partial charge on any atom is -0.403 e. The Kier molecular flexibility index (Phi) is 7.14. The summed E-state index contributed by atoms with van der Waals surface area (Å²) in [7, 11) is 0. The monoisotopic (exact) mass is 607 g/mol. The molecule has 42 heavy (non-hydrogen) atoms. The summed E-state index contributed by atoms with van der Waals surface area (Å²) < 4.78 is 64.8. The van der Waals surface area contributed by atoms with E-state index in [2.05, 4.69) is 30.1 Å². The molecule has 1 aliphatic rings. The molecule has 220 valence electrons. The number of fused-ring (bicyclic) bond motifs is 1. The normalized spacial score (nSPS) is 23.0. The van der Waals surface area contributed by atoms with E-state index in [4.69, 9.17) is 4.74 Å². The van der Waals surface area contributed by atoms with Gasteiger partial charge in [0.2, 0.25) is 0 Å². The lowest BCUT2D eigenvalue weighted by atomic mass is 9.92. The Morgan fingerprint density at radius 1 is 1.12 bits per heavy atom. The van der Waals surface area contributed by atoms with E-state index in [1.54, 1.807) is 6.07 Å². The van der Waals surface area contributed by atoms with Gasteiger partial charge >= 0.3 is 6.36 Å². The Morgan fingerprint density at radius 2 is 1.93 bits per heavy atom. The van der Waals surface area contributed by atoms with Crippen LogP contribution in [-0.2, 0) is 4.74 Å². The molecule has 5 aromatic rings. The zero-order valence-electron chi connectivity index (χ0n) is 21.4. The maximum atomic E-state index is 14.3. The van der Waals surface area contributed by atoms with Crippen molar-refractivity contribution < 1.29 is 42.4 Å². The van der Waals surface area contributed by atoms with Crippen LogP contribution in [0.5, 0.6) is 5.75 Å². The standard InChI is InChI=1S/C25H21F4N7O5S/c1-11-32-15-4-3-13(7-19(15)42-11)36-24(30-10-31-36)23-22(39)20(21(38)18(9-37)40-23)35-8-16(33-34-35)12-2-5-17(14(26)6-12)41-25(27,28)29/h2-8,10,18,20-23,37-39H,9H2,1H3/t18-,20+,21+,22-,23-/m1/s1. The van der Waals surface area contributed by atoms with E-state index in [0.29, 0.717) is 5.69 Å². The number of hydrogen-bond acceptors (Lipinski definition) is 11. The van der Waals surface area contributed by atoms with Crippen molar-refractivity contribution in [1.82, 2.24) is 34.7 Å². The topological polar surface area (TPSA) is 153 Å². The van der Waals surface area contributed by atoms with Crippen LogP contribution in [0.4, 0.5) is 17.6 Å². The van der Waals surface area contributed by atoms with Gasteiger partial charge in [0.15, 0.2) is 17.4 Å². The number of alkyl halides is 3. The molecule has 1 saturated heterocycles. The molecule has 0 aliphatic carbocycles. The fraction of sp³-hybridized carbons (Fsp3) is 0.320. The molecule has 0 unspecified atom stereocenters. The Balaban J connectivity index is 1.32. The van der Waals surface area contributed by atoms with Crippen LogP contribution in [-0.4, -0.2) is 81.3 Å². The number of hydrogen-bond donors (Lipinski definition) is 3. The third kappa shape index (κ3) is 5.20. The van der Waals surface area contributed by atoms with Crippen molar-refractivity contribution >= 4 is 21.6 Å². The van der Waals surface area contributed by atoms with Crippen molar-refractivity contribution in [3.8, 4) is 22.7 Å². The van der Waals surface area contributed by atoms with E-state index < -0.39 is 55.0 Å². The molecular weight excluding hydrogens is 586 g/mol. The first-order chi connectivity index (χ1) is 20.0. The molecule has 3 aromatic heterocycles. The molecular formula is C25H21F4N7O5S. The highest BCUT2D eigenvalue weighted by atomic mass is 32.1. The number of ether oxygens (including phenoxy) is 2. The number of aliphatic hydroxyl groups is 3. The van der Waals surface area contributed by atoms with Gasteiger partial charge in [-0.05, 0) is 43.3 Å². The van der Waals surface area contributed by atoms with E-state index in [1.807, 2.05) is 19.1 Å². The fourth-order valence-corrected chi connectivity index (χ4v) is 5.71. The quantitative estimate of drug-likeness (QED) is 0.246. The lowest BCUT2D eigenvalue weighted by molar-refractivity contribution is -0.275. The van der Waals surface area contributed by atoms with Crippen molar-refractivity contribution in [1.29, 1.82) is 0 Å². The molecule has 1 aliphatic heterocycles. The van der Waals surface area contributed by atoms with Crippen LogP contribution in [0.1, 0.15) is 23.0 Å². The van der Waals surface area contributed by atoms with Crippen LogP contribution in [0.3, 0.4) is 0 Å². The maximum absolute atomic E-state index is 14.3. The van der Waals surface area contributed by atoms with Crippen molar-refractivity contribution in [2.75, 3.05) is 6.61 Å². The van der Waals surface area contributed by atoms with Crippen LogP contribution < -0.4 is 4.74 Å². The Morgan fingerprint density at radius 3 is 2.67 bits per heavy atom. The molecule has 5 atom stereocenters. The highest BCUT2D eigenvalue weighted by Crippen LogP contribution is 2.39. The first-order valence-corrected chi connectivity index (χ1v) is 13.2. The number of aromatic nitrogens is 7. The summed E-state index contributed by atoms with van der Waals surface area (Å²) in [5, 5.41) is 45.4. The molecule has 17 heteroatoms. The maximum Gasteiger partial charge on any atom is 0.573 e. The largest absolute Gasteiger partial charge is 0.573 e. The van der Waals surface area contributed by atoms with Crippen LogP contribution >= 0.6 is 11.3 Å². The summed E-state index contributed by atoms with van der Waals surface area (Å²) in [5.41, 5.74) is 1.52. The van der Waals surface area contributed by atoms with Crippen molar-refractivity contribution in [2.24, 2.45) is 0 Å². The number of nitrogens with zero attached hydrogens (tertiary/aromatic N) is 7. The lowest BCUT2D eigenvalue weighted by Crippen LogP contribution is -2.53. The predicted octanol–water partition coefficient (Wildman–Crippen LogP) is 2.88. The highest BCUT2D eigenvalue weighted by molar-refractivity contribution is 7.18. The van der Waals surface area contributed by atoms with Gasteiger partial charge in [-0.3, -0.25) is 0 Å². The molecule has 0 radical (unpaired) electrons. The van der Waals surface area contributed by atoms with Gasteiger partial charge in [0, 0.05) is 5.56 Å². The number of rotatable bonds is 6. The summed E-state index contributed by atoms with van der Waals surface area (Å²) in [4.78, 5) is 8.73. The smallest absolute Gasteiger partial charge is 0.403 e. The van der Waals surface area contributed by atoms with Gasteiger partial charge in [0.25, 0.3) is 0 Å². The molecule has 0 bridgehead atoms. The van der Waals surface area contributed by atoms with E-state index in [-0.39, 0.29) is 17.1 Å². The number of halogens is 4. The van der Waals surface area contributed by atoms with E-state index in [0.717, 1.165) is 38.1 Å². The Hall–Kier alpha value is -4.03. The first kappa shape index (κ1) is 28.1. The minimum atomic E-state index is -5.07. The third-order valence-corrected chi connectivity index (χ3v) is 7.65. The van der Waals surface area contributed by atoms with Crippen LogP contribution in [0.2, 0.25) is 0 Å². The molecule has 3 N–H and O–H groups in total. The fourth-order valence-electron chi connectivity index (χ4n) is 4.85. The molecule has 0 spiro atoms. The first-order valence-electron chi connectivity index (χ1n) is 12.4. The highest BCUT2D eigenvalue weighted by Gasteiger charge is 2.48. The van der Waals surface area contributed by atoms with E-state index in [1.165, 1.54) is 28.5 Å². The van der Waals surface area contributed by atoms with Crippen LogP contribution in [0.25, 0.3) is 27.2 Å². The van der Waals surface area contributed by atoms with Crippen molar-refractivity contribution in [3.05, 3.63) is 65.6 Å². The van der Waals surface area contributed by atoms with Gasteiger partial charge in [-0.1, -0.05) is 5.21 Å². The average Bonchev–Trinajstić information content (AvgIpc) is 3.68. The third-order valence-electron chi connectivity index (χ3n) is 6.71. The molecule has 4 heterocycles. The Labute approximate surface area is 237 Å². The number of aliphatic hydroxyl groups excluding tert-OH is 3. The van der Waals surface area contributed by atoms with Crippen LogP contribution in [0.15, 0.2) is 48.9 Å². The number of aryl methyl sites for hydroxylation is 1. The van der Waals surface area contributed by atoms with Gasteiger partial charge in [-0.2, -0.15) is 5.10 Å². The van der Waals surface area contributed by atoms with Crippen LogP contribution in [0, 0.1) is 12.7 Å². The molecule has 6 rings (SSSR count). The molecule has 12 nitrogen and oxygen atoms in total. The van der Waals surface area contributed by atoms with E-state index >= 15 is 0 Å². The predicted molar refractivity (Wildman–Crippen MR) is 137 cm³/mol. The van der Waals surface area contributed by atoms with Gasteiger partial charge in [0.1, 0.15) is 42.5 Å². The number of benzene rings is 2. The van der Waals surface area contributed by atoms with Gasteiger partial charge < -0.3 is 24.8 Å². The summed E-state index contributed by atoms with van der Waals surface area (Å²) in [5.74, 6) is -2.12. The molecule has 2 aromatic carbocycles. The Bertz CT molecular complexity index is 1740. The minimum absolute atomic E-state index is 0.0340. The van der Waals surface area contributed by atoms with Gasteiger partial charge in [0.05, 0.1) is 33.7 Å². The molecule has 0 saturated carbocycles. The summed E-state index contributed by atoms with van der Waals surface area (Å²) in [6.45, 7) is 1.27. The number of thiazole rings is 1. The second-order valence-corrected chi connectivity index (χ2v) is 10.7. The lowest BCUT2D eigenvalue weighted by Gasteiger charge is -2.41. The second kappa shape index (κ2) is 10.7. The average molecular weight is 608 g/mol.